The maximum Gasteiger partial charge on any atom is 0.247 e. The van der Waals surface area contributed by atoms with E-state index in [-0.39, 0.29) is 18.2 Å². The second-order valence-corrected chi connectivity index (χ2v) is 8.88. The van der Waals surface area contributed by atoms with Gasteiger partial charge in [-0.3, -0.25) is 24.6 Å². The van der Waals surface area contributed by atoms with Crippen LogP contribution < -0.4 is 16.1 Å². The predicted octanol–water partition coefficient (Wildman–Crippen LogP) is 3.16. The van der Waals surface area contributed by atoms with Crippen LogP contribution in [0.1, 0.15) is 47.5 Å². The molecule has 3 atom stereocenters. The normalized spacial score (nSPS) is 13.5. The van der Waals surface area contributed by atoms with Gasteiger partial charge in [0.05, 0.1) is 11.8 Å². The fourth-order valence-electron chi connectivity index (χ4n) is 3.25. The lowest BCUT2D eigenvalue weighted by Crippen LogP contribution is -2.54. The number of anilines is 1. The molecule has 1 aromatic rings. The van der Waals surface area contributed by atoms with Gasteiger partial charge in [-0.25, -0.2) is 5.48 Å². The Morgan fingerprint density at radius 2 is 1.66 bits per heavy atom. The molecule has 1 heterocycles. The molecule has 1 aromatic heterocycles. The van der Waals surface area contributed by atoms with E-state index in [0.717, 1.165) is 0 Å². The Hall–Kier alpha value is -3.18. The smallest absolute Gasteiger partial charge is 0.247 e. The molecule has 0 saturated heterocycles. The van der Waals surface area contributed by atoms with Gasteiger partial charge in [-0.2, -0.15) is 0 Å². The van der Waals surface area contributed by atoms with E-state index in [4.69, 9.17) is 5.21 Å². The van der Waals surface area contributed by atoms with Crippen LogP contribution in [0.25, 0.3) is 0 Å². The number of carbonyl (C=O) groups is 3. The van der Waals surface area contributed by atoms with Gasteiger partial charge in [-0.15, -0.1) is 19.4 Å². The molecule has 0 radical (unpaired) electrons. The van der Waals surface area contributed by atoms with E-state index in [0.29, 0.717) is 12.1 Å². The van der Waals surface area contributed by atoms with Crippen molar-refractivity contribution >= 4 is 23.4 Å². The van der Waals surface area contributed by atoms with Crippen LogP contribution in [0.5, 0.6) is 0 Å². The minimum Gasteiger partial charge on any atom is -0.344 e. The van der Waals surface area contributed by atoms with Crippen molar-refractivity contribution in [3.8, 4) is 12.8 Å². The van der Waals surface area contributed by atoms with Gasteiger partial charge in [0.1, 0.15) is 6.04 Å². The highest BCUT2D eigenvalue weighted by atomic mass is 16.5. The number of hydrogen-bond acceptors (Lipinski definition) is 5. The Morgan fingerprint density at radius 3 is 2.09 bits per heavy atom. The Morgan fingerprint density at radius 1 is 1.09 bits per heavy atom. The Balaban J connectivity index is 0.00000466. The van der Waals surface area contributed by atoms with Crippen molar-refractivity contribution < 1.29 is 19.6 Å². The van der Waals surface area contributed by atoms with Crippen LogP contribution in [0.3, 0.4) is 0 Å². The van der Waals surface area contributed by atoms with Gasteiger partial charge in [0, 0.05) is 18.1 Å². The van der Waals surface area contributed by atoms with Crippen LogP contribution in [0.2, 0.25) is 0 Å². The summed E-state index contributed by atoms with van der Waals surface area (Å²) in [4.78, 5) is 42.3. The average molecular weight is 445 g/mol. The lowest BCUT2D eigenvalue weighted by Gasteiger charge is -2.33. The molecule has 0 fully saturated rings. The van der Waals surface area contributed by atoms with Gasteiger partial charge in [-0.05, 0) is 36.3 Å². The number of aromatic nitrogens is 1. The Bertz CT molecular complexity index is 769. The summed E-state index contributed by atoms with van der Waals surface area (Å²) in [6, 6.07) is 2.48. The first-order valence-electron chi connectivity index (χ1n) is 10.4. The molecule has 0 spiro atoms. The third kappa shape index (κ3) is 9.31. The highest BCUT2D eigenvalue weighted by molar-refractivity contribution is 5.98. The number of allylic oxidation sites excluding steroid dienone is 1. The van der Waals surface area contributed by atoms with Crippen LogP contribution in [0.15, 0.2) is 37.2 Å². The largest absolute Gasteiger partial charge is 0.344 e. The first-order valence-corrected chi connectivity index (χ1v) is 10.4. The van der Waals surface area contributed by atoms with Crippen molar-refractivity contribution in [3.63, 3.8) is 0 Å². The maximum absolute atomic E-state index is 13.2. The van der Waals surface area contributed by atoms with Crippen molar-refractivity contribution in [1.82, 2.24) is 15.8 Å². The molecule has 176 valence electrons. The number of pyridine rings is 1. The first-order chi connectivity index (χ1) is 15.0. The monoisotopic (exact) mass is 444 g/mol. The number of terminal acetylenes is 1. The standard InChI is InChI=1S/C22H34N4O4.C2H2/c1-7-8-16(20(28)26-30)17(13-14(2)3)19(27)25-18(22(4,5)6)21(29)24-15-9-11-23-12-10-15;1-2/h7,9-12,14,16-18,30H,1,8,13H2,2-6H3,(H,25,27)(H,26,28)(H,23,24,29);1-2H/t16-,17+,18?;/m0./s1. The second-order valence-electron chi connectivity index (χ2n) is 8.88. The molecule has 1 rings (SSSR count). The molecular formula is C24H36N4O4. The van der Waals surface area contributed by atoms with Crippen LogP contribution >= 0.6 is 0 Å². The van der Waals surface area contributed by atoms with Crippen molar-refractivity contribution in [3.05, 3.63) is 37.2 Å². The number of hydrogen-bond donors (Lipinski definition) is 4. The summed E-state index contributed by atoms with van der Waals surface area (Å²) in [7, 11) is 0. The third-order valence-corrected chi connectivity index (χ3v) is 4.78. The molecule has 0 aromatic carbocycles. The summed E-state index contributed by atoms with van der Waals surface area (Å²) in [6.45, 7) is 13.1. The zero-order valence-corrected chi connectivity index (χ0v) is 19.6. The van der Waals surface area contributed by atoms with Crippen LogP contribution in [0.4, 0.5) is 5.69 Å². The predicted molar refractivity (Wildman–Crippen MR) is 125 cm³/mol. The van der Waals surface area contributed by atoms with Gasteiger partial charge in [0.2, 0.25) is 17.7 Å². The molecule has 0 aliphatic carbocycles. The summed E-state index contributed by atoms with van der Waals surface area (Å²) in [5.74, 6) is -2.82. The summed E-state index contributed by atoms with van der Waals surface area (Å²) >= 11 is 0. The molecule has 0 aliphatic heterocycles. The zero-order chi connectivity index (χ0) is 24.9. The van der Waals surface area contributed by atoms with E-state index in [9.17, 15) is 14.4 Å². The summed E-state index contributed by atoms with van der Waals surface area (Å²) in [5.41, 5.74) is 1.64. The molecule has 0 saturated carbocycles. The lowest BCUT2D eigenvalue weighted by molar-refractivity contribution is -0.141. The minimum absolute atomic E-state index is 0.123. The van der Waals surface area contributed by atoms with Crippen molar-refractivity contribution in [1.29, 1.82) is 0 Å². The minimum atomic E-state index is -0.839. The summed E-state index contributed by atoms with van der Waals surface area (Å²) in [5, 5.41) is 14.8. The maximum atomic E-state index is 13.2. The first kappa shape index (κ1) is 28.8. The van der Waals surface area contributed by atoms with E-state index in [1.54, 1.807) is 30.0 Å². The molecule has 3 amide bonds. The van der Waals surface area contributed by atoms with Crippen molar-refractivity contribution in [2.24, 2.45) is 23.2 Å². The number of nitrogens with one attached hydrogen (secondary N) is 3. The highest BCUT2D eigenvalue weighted by Crippen LogP contribution is 2.27. The third-order valence-electron chi connectivity index (χ3n) is 4.78. The number of nitrogens with zero attached hydrogens (tertiary/aromatic N) is 1. The van der Waals surface area contributed by atoms with Crippen molar-refractivity contribution in [2.75, 3.05) is 5.32 Å². The lowest BCUT2D eigenvalue weighted by atomic mass is 9.80. The molecule has 0 aliphatic rings. The van der Waals surface area contributed by atoms with E-state index in [1.807, 2.05) is 34.6 Å². The van der Waals surface area contributed by atoms with Gasteiger partial charge < -0.3 is 10.6 Å². The molecule has 8 heteroatoms. The fraction of sp³-hybridized carbons (Fsp3) is 0.500. The molecule has 32 heavy (non-hydrogen) atoms. The number of rotatable bonds is 10. The number of hydroxylamine groups is 1. The Labute approximate surface area is 191 Å². The second kappa shape index (κ2) is 14.0. The summed E-state index contributed by atoms with van der Waals surface area (Å²) < 4.78 is 0. The number of carbonyl (C=O) groups excluding carboxylic acids is 3. The highest BCUT2D eigenvalue weighted by Gasteiger charge is 2.38. The molecule has 0 bridgehead atoms. The van der Waals surface area contributed by atoms with Crippen LogP contribution in [0, 0.1) is 36.0 Å². The topological polar surface area (TPSA) is 120 Å². The average Bonchev–Trinajstić information content (AvgIpc) is 2.74. The SMILES string of the molecule is C#C.C=CC[C@H](C(=O)NO)[C@@H](CC(C)C)C(=O)NC(C(=O)Nc1ccncc1)C(C)(C)C. The van der Waals surface area contributed by atoms with Gasteiger partial charge in [0.15, 0.2) is 0 Å². The van der Waals surface area contributed by atoms with Gasteiger partial charge in [0.25, 0.3) is 0 Å². The summed E-state index contributed by atoms with van der Waals surface area (Å²) in [6.07, 6.45) is 13.3. The van der Waals surface area contributed by atoms with Crippen molar-refractivity contribution in [2.45, 2.75) is 53.5 Å². The number of amides is 3. The van der Waals surface area contributed by atoms with Crippen LogP contribution in [-0.2, 0) is 14.4 Å². The molecular weight excluding hydrogens is 408 g/mol. The van der Waals surface area contributed by atoms with E-state index >= 15 is 0 Å². The zero-order valence-electron chi connectivity index (χ0n) is 19.6. The van der Waals surface area contributed by atoms with E-state index in [2.05, 4.69) is 35.0 Å². The van der Waals surface area contributed by atoms with Gasteiger partial charge >= 0.3 is 0 Å². The van der Waals surface area contributed by atoms with Gasteiger partial charge in [-0.1, -0.05) is 40.7 Å². The van der Waals surface area contributed by atoms with E-state index < -0.39 is 35.1 Å². The quantitative estimate of drug-likeness (QED) is 0.191. The van der Waals surface area contributed by atoms with E-state index in [1.165, 1.54) is 6.08 Å². The molecule has 8 nitrogen and oxygen atoms in total. The fourth-order valence-corrected chi connectivity index (χ4v) is 3.25. The molecule has 4 N–H and O–H groups in total. The molecule has 1 unspecified atom stereocenters. The Kier molecular flexibility index (Phi) is 12.6. The van der Waals surface area contributed by atoms with Crippen LogP contribution in [-0.4, -0.2) is 34.0 Å².